The van der Waals surface area contributed by atoms with Crippen LogP contribution in [0.1, 0.15) is 34.7 Å². The second-order valence-corrected chi connectivity index (χ2v) is 6.64. The van der Waals surface area contributed by atoms with Crippen LogP contribution in [-0.2, 0) is 5.41 Å². The summed E-state index contributed by atoms with van der Waals surface area (Å²) in [6.07, 6.45) is 0. The highest BCUT2D eigenvalue weighted by atomic mass is 16.3. The highest BCUT2D eigenvalue weighted by molar-refractivity contribution is 5.57. The van der Waals surface area contributed by atoms with Crippen LogP contribution >= 0.6 is 0 Å². The fourth-order valence-corrected chi connectivity index (χ4v) is 3.31. The highest BCUT2D eigenvalue weighted by Crippen LogP contribution is 2.44. The molecule has 3 nitrogen and oxygen atoms in total. The maximum absolute atomic E-state index is 10.5. The lowest BCUT2D eigenvalue weighted by molar-refractivity contribution is 0.456. The minimum atomic E-state index is -0.637. The van der Waals surface area contributed by atoms with Gasteiger partial charge in [0.2, 0.25) is 0 Å². The third-order valence-electron chi connectivity index (χ3n) is 4.99. The third-order valence-corrected chi connectivity index (χ3v) is 4.99. The van der Waals surface area contributed by atoms with E-state index in [2.05, 4.69) is 0 Å². The van der Waals surface area contributed by atoms with Crippen LogP contribution < -0.4 is 0 Å². The molecule has 0 saturated carbocycles. The molecule has 0 spiro atoms. The Bertz CT molecular complexity index is 877. The molecule has 0 aliphatic rings. The average Bonchev–Trinajstić information content (AvgIpc) is 2.59. The molecule has 0 saturated heterocycles. The summed E-state index contributed by atoms with van der Waals surface area (Å²) in [5, 5.41) is 30.3. The topological polar surface area (TPSA) is 60.7 Å². The predicted octanol–water partition coefficient (Wildman–Crippen LogP) is 4.77. The van der Waals surface area contributed by atoms with E-state index >= 15 is 0 Å². The molecule has 0 aromatic heterocycles. The van der Waals surface area contributed by atoms with Crippen molar-refractivity contribution in [1.29, 1.82) is 0 Å². The molecule has 0 heterocycles. The third kappa shape index (κ3) is 2.82. The molecular weight excluding hydrogens is 312 g/mol. The molecule has 0 unspecified atom stereocenters. The van der Waals surface area contributed by atoms with E-state index in [1.807, 2.05) is 57.2 Å². The van der Waals surface area contributed by atoms with Gasteiger partial charge in [0.15, 0.2) is 0 Å². The molecule has 3 aromatic carbocycles. The molecule has 0 bridgehead atoms. The summed E-state index contributed by atoms with van der Waals surface area (Å²) in [7, 11) is 0. The van der Waals surface area contributed by atoms with Crippen LogP contribution in [0.5, 0.6) is 17.2 Å². The lowest BCUT2D eigenvalue weighted by Crippen LogP contribution is -2.25. The van der Waals surface area contributed by atoms with Crippen molar-refractivity contribution >= 4 is 0 Å². The second-order valence-electron chi connectivity index (χ2n) is 6.64. The number of hydrogen-bond acceptors (Lipinski definition) is 3. The van der Waals surface area contributed by atoms with E-state index < -0.39 is 5.41 Å². The van der Waals surface area contributed by atoms with Crippen molar-refractivity contribution < 1.29 is 15.3 Å². The van der Waals surface area contributed by atoms with E-state index in [0.29, 0.717) is 0 Å². The van der Waals surface area contributed by atoms with Gasteiger partial charge in [-0.3, -0.25) is 0 Å². The average molecular weight is 334 g/mol. The zero-order valence-electron chi connectivity index (χ0n) is 14.6. The van der Waals surface area contributed by atoms with Crippen LogP contribution in [0.4, 0.5) is 0 Å². The summed E-state index contributed by atoms with van der Waals surface area (Å²) in [5.74, 6) is 0.692. The molecule has 0 radical (unpaired) electrons. The highest BCUT2D eigenvalue weighted by Gasteiger charge is 2.34. The van der Waals surface area contributed by atoms with Crippen molar-refractivity contribution in [3.8, 4) is 17.2 Å². The number of benzene rings is 3. The summed E-state index contributed by atoms with van der Waals surface area (Å²) in [6.45, 7) is 5.75. The normalized spacial score (nSPS) is 11.5. The number of hydrogen-bond donors (Lipinski definition) is 3. The van der Waals surface area contributed by atoms with Gasteiger partial charge in [-0.25, -0.2) is 0 Å². The van der Waals surface area contributed by atoms with E-state index in [1.165, 1.54) is 0 Å². The fraction of sp³-hybridized carbons (Fsp3) is 0.182. The van der Waals surface area contributed by atoms with Gasteiger partial charge in [0.1, 0.15) is 17.2 Å². The zero-order chi connectivity index (χ0) is 18.2. The number of phenols is 3. The van der Waals surface area contributed by atoms with Gasteiger partial charge in [-0.1, -0.05) is 42.5 Å². The van der Waals surface area contributed by atoms with E-state index in [4.69, 9.17) is 0 Å². The fourth-order valence-electron chi connectivity index (χ4n) is 3.31. The summed E-state index contributed by atoms with van der Waals surface area (Å²) >= 11 is 0. The van der Waals surface area contributed by atoms with Crippen LogP contribution in [0, 0.1) is 13.8 Å². The number of para-hydroxylation sites is 1. The van der Waals surface area contributed by atoms with Crippen LogP contribution in [0.25, 0.3) is 0 Å². The summed E-state index contributed by atoms with van der Waals surface area (Å²) in [6, 6.07) is 18.2. The Morgan fingerprint density at radius 2 is 1.12 bits per heavy atom. The smallest absolute Gasteiger partial charge is 0.120 e. The first-order chi connectivity index (χ1) is 11.8. The first-order valence-corrected chi connectivity index (χ1v) is 8.22. The lowest BCUT2D eigenvalue weighted by atomic mass is 9.70. The first kappa shape index (κ1) is 16.9. The standard InChI is InChI=1S/C22H22O3/c1-14-12-16(8-10-19(14)23)22(3,18-6-4-5-7-21(18)25)17-9-11-20(24)15(2)13-17/h4-13,23-25H,1-3H3. The van der Waals surface area contributed by atoms with Crippen LogP contribution in [0.2, 0.25) is 0 Å². The molecule has 128 valence electrons. The largest absolute Gasteiger partial charge is 0.508 e. The Labute approximate surface area is 147 Å². The SMILES string of the molecule is Cc1cc(C(C)(c2ccc(O)c(C)c2)c2ccccc2O)ccc1O. The van der Waals surface area contributed by atoms with E-state index in [1.54, 1.807) is 24.3 Å². The van der Waals surface area contributed by atoms with Gasteiger partial charge in [-0.15, -0.1) is 0 Å². The Kier molecular flexibility index (Phi) is 4.17. The second kappa shape index (κ2) is 6.17. The number of aryl methyl sites for hydroxylation is 2. The van der Waals surface area contributed by atoms with Gasteiger partial charge in [0, 0.05) is 11.0 Å². The van der Waals surface area contributed by atoms with Gasteiger partial charge in [-0.2, -0.15) is 0 Å². The van der Waals surface area contributed by atoms with Crippen molar-refractivity contribution in [3.05, 3.63) is 88.5 Å². The quantitative estimate of drug-likeness (QED) is 0.604. The van der Waals surface area contributed by atoms with Gasteiger partial charge in [-0.05, 0) is 61.2 Å². The monoisotopic (exact) mass is 334 g/mol. The lowest BCUT2D eigenvalue weighted by Gasteiger charge is -2.33. The van der Waals surface area contributed by atoms with E-state index in [9.17, 15) is 15.3 Å². The Hall–Kier alpha value is -2.94. The molecule has 3 N–H and O–H groups in total. The molecule has 0 aliphatic heterocycles. The molecular formula is C22H22O3. The van der Waals surface area contributed by atoms with Crippen LogP contribution in [0.3, 0.4) is 0 Å². The summed E-state index contributed by atoms with van der Waals surface area (Å²) < 4.78 is 0. The first-order valence-electron chi connectivity index (χ1n) is 8.22. The molecule has 3 aromatic rings. The number of phenolic OH excluding ortho intramolecular Hbond substituents is 3. The molecule has 25 heavy (non-hydrogen) atoms. The number of aromatic hydroxyl groups is 3. The van der Waals surface area contributed by atoms with Crippen molar-refractivity contribution in [2.75, 3.05) is 0 Å². The minimum absolute atomic E-state index is 0.210. The molecule has 3 rings (SSSR count). The van der Waals surface area contributed by atoms with Gasteiger partial charge < -0.3 is 15.3 Å². The summed E-state index contributed by atoms with van der Waals surface area (Å²) in [5.41, 5.74) is 3.58. The van der Waals surface area contributed by atoms with E-state index in [-0.39, 0.29) is 17.2 Å². The van der Waals surface area contributed by atoms with Gasteiger partial charge in [0.05, 0.1) is 0 Å². The maximum atomic E-state index is 10.5. The van der Waals surface area contributed by atoms with Crippen molar-refractivity contribution in [2.24, 2.45) is 0 Å². The van der Waals surface area contributed by atoms with Crippen LogP contribution in [-0.4, -0.2) is 15.3 Å². The Morgan fingerprint density at radius 3 is 1.56 bits per heavy atom. The minimum Gasteiger partial charge on any atom is -0.508 e. The molecule has 0 amide bonds. The van der Waals surface area contributed by atoms with Crippen molar-refractivity contribution in [2.45, 2.75) is 26.2 Å². The van der Waals surface area contributed by atoms with Crippen molar-refractivity contribution in [1.82, 2.24) is 0 Å². The van der Waals surface area contributed by atoms with Gasteiger partial charge >= 0.3 is 0 Å². The molecule has 0 fully saturated rings. The number of rotatable bonds is 3. The molecule has 3 heteroatoms. The maximum Gasteiger partial charge on any atom is 0.120 e. The molecule has 0 aliphatic carbocycles. The van der Waals surface area contributed by atoms with Crippen molar-refractivity contribution in [3.63, 3.8) is 0 Å². The van der Waals surface area contributed by atoms with Gasteiger partial charge in [0.25, 0.3) is 0 Å². The predicted molar refractivity (Wildman–Crippen MR) is 99.4 cm³/mol. The zero-order valence-corrected chi connectivity index (χ0v) is 14.6. The Balaban J connectivity index is 2.33. The molecule has 0 atom stereocenters. The van der Waals surface area contributed by atoms with Crippen LogP contribution in [0.15, 0.2) is 60.7 Å². The summed E-state index contributed by atoms with van der Waals surface area (Å²) in [4.78, 5) is 0. The Morgan fingerprint density at radius 1 is 0.640 bits per heavy atom. The van der Waals surface area contributed by atoms with E-state index in [0.717, 1.165) is 27.8 Å².